The fourth-order valence-corrected chi connectivity index (χ4v) is 3.43. The number of hydrogen-bond donors (Lipinski definition) is 1. The van der Waals surface area contributed by atoms with Gasteiger partial charge >= 0.3 is 0 Å². The van der Waals surface area contributed by atoms with Crippen LogP contribution in [-0.2, 0) is 0 Å². The second kappa shape index (κ2) is 8.04. The monoisotopic (exact) mass is 352 g/mol. The SMILES string of the molecule is CSc1ccc(NC(=O)c2cccnc2Sc2ccccc2)cc1. The summed E-state index contributed by atoms with van der Waals surface area (Å²) < 4.78 is 0. The van der Waals surface area contributed by atoms with Gasteiger partial charge in [-0.1, -0.05) is 30.0 Å². The van der Waals surface area contributed by atoms with Crippen molar-refractivity contribution in [2.24, 2.45) is 0 Å². The standard InChI is InChI=1S/C19H16N2OS2/c1-23-15-11-9-14(10-12-15)21-18(22)17-8-5-13-20-19(17)24-16-6-3-2-4-7-16/h2-13H,1H3,(H,21,22). The van der Waals surface area contributed by atoms with Gasteiger partial charge in [-0.3, -0.25) is 4.79 Å². The van der Waals surface area contributed by atoms with Gasteiger partial charge in [0.05, 0.1) is 5.56 Å². The second-order valence-corrected chi connectivity index (χ2v) is 6.90. The van der Waals surface area contributed by atoms with Crippen LogP contribution in [0.2, 0.25) is 0 Å². The highest BCUT2D eigenvalue weighted by Gasteiger charge is 2.13. The molecule has 2 aromatic carbocycles. The first-order chi connectivity index (χ1) is 11.8. The van der Waals surface area contributed by atoms with Crippen LogP contribution in [0, 0.1) is 0 Å². The van der Waals surface area contributed by atoms with Crippen LogP contribution >= 0.6 is 23.5 Å². The molecule has 0 unspecified atom stereocenters. The smallest absolute Gasteiger partial charge is 0.258 e. The predicted molar refractivity (Wildman–Crippen MR) is 101 cm³/mol. The van der Waals surface area contributed by atoms with Gasteiger partial charge in [0.15, 0.2) is 0 Å². The number of hydrogen-bond acceptors (Lipinski definition) is 4. The number of aromatic nitrogens is 1. The molecule has 120 valence electrons. The number of carbonyl (C=O) groups is 1. The lowest BCUT2D eigenvalue weighted by molar-refractivity contribution is 0.102. The molecule has 1 N–H and O–H groups in total. The van der Waals surface area contributed by atoms with Gasteiger partial charge in [-0.2, -0.15) is 0 Å². The molecule has 3 aromatic rings. The van der Waals surface area contributed by atoms with E-state index in [9.17, 15) is 4.79 Å². The number of pyridine rings is 1. The molecule has 0 aliphatic carbocycles. The van der Waals surface area contributed by atoms with E-state index in [4.69, 9.17) is 0 Å². The zero-order valence-electron chi connectivity index (χ0n) is 13.1. The van der Waals surface area contributed by atoms with Crippen molar-refractivity contribution in [3.05, 3.63) is 78.5 Å². The number of nitrogens with zero attached hydrogens (tertiary/aromatic N) is 1. The van der Waals surface area contributed by atoms with E-state index in [-0.39, 0.29) is 5.91 Å². The molecule has 0 saturated carbocycles. The van der Waals surface area contributed by atoms with Crippen molar-refractivity contribution in [3.63, 3.8) is 0 Å². The fourth-order valence-electron chi connectivity index (χ4n) is 2.12. The lowest BCUT2D eigenvalue weighted by Gasteiger charge is -2.09. The van der Waals surface area contributed by atoms with Crippen LogP contribution in [0.3, 0.4) is 0 Å². The Kier molecular flexibility index (Phi) is 5.56. The Hall–Kier alpha value is -2.24. The minimum atomic E-state index is -0.154. The summed E-state index contributed by atoms with van der Waals surface area (Å²) in [4.78, 5) is 19.2. The van der Waals surface area contributed by atoms with Gasteiger partial charge in [0.25, 0.3) is 5.91 Å². The van der Waals surface area contributed by atoms with E-state index in [1.807, 2.05) is 60.9 Å². The van der Waals surface area contributed by atoms with E-state index in [1.165, 1.54) is 11.8 Å². The number of amides is 1. The van der Waals surface area contributed by atoms with Gasteiger partial charge in [-0.15, -0.1) is 11.8 Å². The highest BCUT2D eigenvalue weighted by molar-refractivity contribution is 7.99. The van der Waals surface area contributed by atoms with Gasteiger partial charge in [0, 0.05) is 21.7 Å². The Labute approximate surface area is 149 Å². The Bertz CT molecular complexity index is 820. The number of benzene rings is 2. The van der Waals surface area contributed by atoms with E-state index in [2.05, 4.69) is 10.3 Å². The summed E-state index contributed by atoms with van der Waals surface area (Å²) in [6.07, 6.45) is 3.73. The molecule has 1 heterocycles. The number of nitrogens with one attached hydrogen (secondary N) is 1. The third-order valence-corrected chi connectivity index (χ3v) is 5.09. The Morgan fingerprint density at radius 1 is 0.917 bits per heavy atom. The van der Waals surface area contributed by atoms with E-state index < -0.39 is 0 Å². The molecule has 0 bridgehead atoms. The van der Waals surface area contributed by atoms with Crippen LogP contribution in [0.4, 0.5) is 5.69 Å². The zero-order chi connectivity index (χ0) is 16.8. The highest BCUT2D eigenvalue weighted by atomic mass is 32.2. The molecule has 0 atom stereocenters. The average Bonchev–Trinajstić information content (AvgIpc) is 2.63. The minimum absolute atomic E-state index is 0.154. The molecule has 1 aromatic heterocycles. The fraction of sp³-hybridized carbons (Fsp3) is 0.0526. The van der Waals surface area contributed by atoms with Gasteiger partial charge in [-0.25, -0.2) is 4.98 Å². The van der Waals surface area contributed by atoms with Gasteiger partial charge in [0.2, 0.25) is 0 Å². The molecule has 0 spiro atoms. The second-order valence-electron chi connectivity index (χ2n) is 4.95. The molecule has 3 rings (SSSR count). The van der Waals surface area contributed by atoms with Crippen molar-refractivity contribution in [2.45, 2.75) is 14.8 Å². The third kappa shape index (κ3) is 4.19. The summed E-state index contributed by atoms with van der Waals surface area (Å²) in [7, 11) is 0. The third-order valence-electron chi connectivity index (χ3n) is 3.32. The van der Waals surface area contributed by atoms with Crippen molar-refractivity contribution in [1.29, 1.82) is 0 Å². The molecule has 24 heavy (non-hydrogen) atoms. The Morgan fingerprint density at radius 3 is 2.38 bits per heavy atom. The highest BCUT2D eigenvalue weighted by Crippen LogP contribution is 2.28. The molecular weight excluding hydrogens is 336 g/mol. The quantitative estimate of drug-likeness (QED) is 0.640. The molecular formula is C19H16N2OS2. The molecule has 3 nitrogen and oxygen atoms in total. The molecule has 0 saturated heterocycles. The number of anilines is 1. The number of carbonyl (C=O) groups excluding carboxylic acids is 1. The van der Waals surface area contributed by atoms with Gasteiger partial charge in [-0.05, 0) is 54.8 Å². The van der Waals surface area contributed by atoms with E-state index in [0.29, 0.717) is 10.6 Å². The lowest BCUT2D eigenvalue weighted by atomic mass is 10.2. The lowest BCUT2D eigenvalue weighted by Crippen LogP contribution is -2.13. The van der Waals surface area contributed by atoms with Crippen LogP contribution < -0.4 is 5.32 Å². The zero-order valence-corrected chi connectivity index (χ0v) is 14.7. The Balaban J connectivity index is 1.79. The summed E-state index contributed by atoms with van der Waals surface area (Å²) in [5.74, 6) is -0.154. The van der Waals surface area contributed by atoms with Crippen molar-refractivity contribution >= 4 is 35.1 Å². The van der Waals surface area contributed by atoms with Crippen molar-refractivity contribution in [2.75, 3.05) is 11.6 Å². The predicted octanol–water partition coefficient (Wildman–Crippen LogP) is 5.21. The molecule has 5 heteroatoms. The number of thioether (sulfide) groups is 1. The first-order valence-electron chi connectivity index (χ1n) is 7.39. The van der Waals surface area contributed by atoms with Crippen LogP contribution in [0.1, 0.15) is 10.4 Å². The van der Waals surface area contributed by atoms with Crippen molar-refractivity contribution in [1.82, 2.24) is 4.98 Å². The summed E-state index contributed by atoms with van der Waals surface area (Å²) in [6.45, 7) is 0. The molecule has 1 amide bonds. The van der Waals surface area contributed by atoms with Gasteiger partial charge < -0.3 is 5.32 Å². The maximum atomic E-state index is 12.6. The first kappa shape index (κ1) is 16.6. The Morgan fingerprint density at radius 2 is 1.67 bits per heavy atom. The summed E-state index contributed by atoms with van der Waals surface area (Å²) in [6, 6.07) is 21.3. The van der Waals surface area contributed by atoms with E-state index in [0.717, 1.165) is 15.5 Å². The average molecular weight is 352 g/mol. The van der Waals surface area contributed by atoms with E-state index in [1.54, 1.807) is 30.1 Å². The summed E-state index contributed by atoms with van der Waals surface area (Å²) >= 11 is 3.15. The van der Waals surface area contributed by atoms with Crippen LogP contribution in [0.5, 0.6) is 0 Å². The van der Waals surface area contributed by atoms with Crippen LogP contribution in [0.15, 0.2) is 87.7 Å². The topological polar surface area (TPSA) is 42.0 Å². The van der Waals surface area contributed by atoms with Crippen molar-refractivity contribution < 1.29 is 4.79 Å². The molecule has 0 aliphatic heterocycles. The van der Waals surface area contributed by atoms with Crippen LogP contribution in [0.25, 0.3) is 0 Å². The minimum Gasteiger partial charge on any atom is -0.322 e. The van der Waals surface area contributed by atoms with Crippen LogP contribution in [-0.4, -0.2) is 17.1 Å². The van der Waals surface area contributed by atoms with Crippen molar-refractivity contribution in [3.8, 4) is 0 Å². The summed E-state index contributed by atoms with van der Waals surface area (Å²) in [5, 5.41) is 3.63. The first-order valence-corrected chi connectivity index (χ1v) is 9.44. The molecule has 0 aliphatic rings. The normalized spacial score (nSPS) is 10.4. The van der Waals surface area contributed by atoms with E-state index >= 15 is 0 Å². The molecule has 0 radical (unpaired) electrons. The largest absolute Gasteiger partial charge is 0.322 e. The maximum Gasteiger partial charge on any atom is 0.258 e. The maximum absolute atomic E-state index is 12.6. The summed E-state index contributed by atoms with van der Waals surface area (Å²) in [5.41, 5.74) is 1.35. The van der Waals surface area contributed by atoms with Gasteiger partial charge in [0.1, 0.15) is 5.03 Å². The molecule has 0 fully saturated rings. The number of rotatable bonds is 5.